The number of allylic oxidation sites excluding steroid dienone is 2. The Morgan fingerprint density at radius 2 is 2.12 bits per heavy atom. The number of hydrogen-bond acceptors (Lipinski definition) is 5. The van der Waals surface area contributed by atoms with Crippen molar-refractivity contribution in [3.8, 4) is 0 Å². The van der Waals surface area contributed by atoms with E-state index < -0.39 is 0 Å². The molecule has 2 saturated carbocycles. The third-order valence-electron chi connectivity index (χ3n) is 8.87. The van der Waals surface area contributed by atoms with Crippen LogP contribution in [0.1, 0.15) is 72.6 Å². The Kier molecular flexibility index (Phi) is 6.38. The molecular formula is C26H41N5O. The van der Waals surface area contributed by atoms with Crippen molar-refractivity contribution in [1.82, 2.24) is 9.97 Å². The largest absolute Gasteiger partial charge is 0.760 e. The molecule has 4 unspecified atom stereocenters. The lowest BCUT2D eigenvalue weighted by atomic mass is 9.47. The van der Waals surface area contributed by atoms with E-state index in [1.165, 1.54) is 60.9 Å². The highest BCUT2D eigenvalue weighted by Gasteiger charge is 2.52. The molecule has 0 bridgehead atoms. The van der Waals surface area contributed by atoms with Gasteiger partial charge in [0.1, 0.15) is 12.1 Å². The van der Waals surface area contributed by atoms with Crippen molar-refractivity contribution in [2.24, 2.45) is 22.7 Å². The summed E-state index contributed by atoms with van der Waals surface area (Å²) in [5, 5.41) is 11.4. The van der Waals surface area contributed by atoms with Crippen LogP contribution < -0.4 is 15.3 Å². The summed E-state index contributed by atoms with van der Waals surface area (Å²) in [4.78, 5) is 11.9. The second kappa shape index (κ2) is 8.79. The third kappa shape index (κ3) is 4.08. The first-order chi connectivity index (χ1) is 15.2. The van der Waals surface area contributed by atoms with Gasteiger partial charge in [-0.15, -0.1) is 0 Å². The number of rotatable bonds is 6. The van der Waals surface area contributed by atoms with E-state index in [-0.39, 0.29) is 0 Å². The molecule has 0 amide bonds. The molecule has 6 heteroatoms. The summed E-state index contributed by atoms with van der Waals surface area (Å²) >= 11 is 0. The Morgan fingerprint density at radius 3 is 2.88 bits per heavy atom. The van der Waals surface area contributed by atoms with Crippen molar-refractivity contribution in [3.63, 3.8) is 0 Å². The van der Waals surface area contributed by atoms with Crippen molar-refractivity contribution < 1.29 is 4.90 Å². The molecule has 0 saturated heterocycles. The molecule has 0 aromatic carbocycles. The summed E-state index contributed by atoms with van der Waals surface area (Å²) in [5.74, 6) is 2.69. The van der Waals surface area contributed by atoms with Crippen molar-refractivity contribution in [2.75, 3.05) is 30.6 Å². The van der Waals surface area contributed by atoms with E-state index in [1.807, 2.05) is 5.48 Å². The number of aromatic nitrogens is 2. The average Bonchev–Trinajstić information content (AvgIpc) is 3.07. The minimum atomic E-state index is 0.371. The normalized spacial score (nSPS) is 31.9. The van der Waals surface area contributed by atoms with E-state index in [1.54, 1.807) is 0 Å². The van der Waals surface area contributed by atoms with Gasteiger partial charge in [-0.3, -0.25) is 4.90 Å². The Labute approximate surface area is 193 Å². The molecule has 1 aromatic rings. The average molecular weight is 440 g/mol. The third-order valence-corrected chi connectivity index (χ3v) is 8.87. The minimum Gasteiger partial charge on any atom is -0.760 e. The van der Waals surface area contributed by atoms with Gasteiger partial charge in [0, 0.05) is 6.54 Å². The van der Waals surface area contributed by atoms with E-state index in [0.29, 0.717) is 22.6 Å². The Hall–Kier alpha value is -1.92. The monoisotopic (exact) mass is 439 g/mol. The predicted molar refractivity (Wildman–Crippen MR) is 132 cm³/mol. The number of anilines is 2. The molecule has 3 aliphatic rings. The Morgan fingerprint density at radius 1 is 1.34 bits per heavy atom. The first-order valence-electron chi connectivity index (χ1n) is 12.3. The molecular weight excluding hydrogens is 398 g/mol. The Balaban J connectivity index is 1.43. The zero-order valence-corrected chi connectivity index (χ0v) is 20.6. The van der Waals surface area contributed by atoms with Crippen LogP contribution in [-0.4, -0.2) is 30.2 Å². The lowest BCUT2D eigenvalue weighted by Gasteiger charge is -2.58. The van der Waals surface area contributed by atoms with Crippen LogP contribution in [0.4, 0.5) is 17.3 Å². The standard InChI is InChI=1S/C26H40N5O/c1-18(12-15-31-17-30(6)24-22(31)23(29-32)27-16-28-24)8-10-20-19(2)9-11-21-25(3,4)13-7-14-26(20,21)5/h12,16,20-21H,2,7-11,13-15,17H2,1,3-6H3,(H-,27,28,29,32)/q-1/p+1. The van der Waals surface area contributed by atoms with Gasteiger partial charge in [0.05, 0.1) is 7.05 Å². The van der Waals surface area contributed by atoms with Gasteiger partial charge in [0.25, 0.3) is 5.82 Å². The highest BCUT2D eigenvalue weighted by atomic mass is 16.5. The number of nitrogens with one attached hydrogen (secondary N) is 2. The quantitative estimate of drug-likeness (QED) is 0.491. The number of nitrogens with zero attached hydrogens (tertiary/aromatic N) is 3. The molecule has 4 atom stereocenters. The number of quaternary nitrogens is 1. The van der Waals surface area contributed by atoms with Crippen LogP contribution in [0.15, 0.2) is 30.1 Å². The Bertz CT molecular complexity index is 894. The maximum atomic E-state index is 11.4. The topological polar surface area (TPSA) is 68.5 Å². The van der Waals surface area contributed by atoms with E-state index in [4.69, 9.17) is 0 Å². The first-order valence-corrected chi connectivity index (χ1v) is 12.3. The van der Waals surface area contributed by atoms with Crippen LogP contribution in [0.25, 0.3) is 0 Å². The fraction of sp³-hybridized carbons (Fsp3) is 0.692. The van der Waals surface area contributed by atoms with Gasteiger partial charge < -0.3 is 15.6 Å². The summed E-state index contributed by atoms with van der Waals surface area (Å²) < 4.78 is 0. The van der Waals surface area contributed by atoms with Gasteiger partial charge >= 0.3 is 0 Å². The predicted octanol–water partition coefficient (Wildman–Crippen LogP) is 4.84. The van der Waals surface area contributed by atoms with Crippen LogP contribution in [0.2, 0.25) is 0 Å². The molecule has 4 rings (SSSR count). The maximum absolute atomic E-state index is 11.4. The van der Waals surface area contributed by atoms with Crippen molar-refractivity contribution in [2.45, 2.75) is 72.6 Å². The van der Waals surface area contributed by atoms with Crippen LogP contribution >= 0.6 is 0 Å². The molecule has 1 aliphatic heterocycles. The molecule has 0 spiro atoms. The molecule has 32 heavy (non-hydrogen) atoms. The molecule has 2 aliphatic carbocycles. The van der Waals surface area contributed by atoms with E-state index in [9.17, 15) is 5.21 Å². The van der Waals surface area contributed by atoms with Gasteiger partial charge in [0.2, 0.25) is 0 Å². The zero-order valence-electron chi connectivity index (χ0n) is 20.6. The molecule has 1 aromatic heterocycles. The van der Waals surface area contributed by atoms with E-state index >= 15 is 0 Å². The van der Waals surface area contributed by atoms with Gasteiger partial charge in [-0.25, -0.2) is 4.98 Å². The SMILES string of the molecule is C=C1CCC2C(C)(C)CCCC2(C)C1CCC(C)=CCN1C[NH+](C)c2ncnc(N[O-])c21. The molecule has 176 valence electrons. The lowest BCUT2D eigenvalue weighted by molar-refractivity contribution is -0.805. The summed E-state index contributed by atoms with van der Waals surface area (Å²) in [5.41, 5.74) is 6.56. The van der Waals surface area contributed by atoms with Crippen molar-refractivity contribution >= 4 is 17.3 Å². The maximum Gasteiger partial charge on any atom is 0.256 e. The molecule has 0 radical (unpaired) electrons. The van der Waals surface area contributed by atoms with Crippen LogP contribution in [0.3, 0.4) is 0 Å². The van der Waals surface area contributed by atoms with Crippen molar-refractivity contribution in [3.05, 3.63) is 35.3 Å². The number of fused-ring (bicyclic) bond motifs is 2. The molecule has 2 N–H and O–H groups in total. The smallest absolute Gasteiger partial charge is 0.256 e. The second-order valence-electron chi connectivity index (χ2n) is 11.4. The van der Waals surface area contributed by atoms with Gasteiger partial charge in [0.15, 0.2) is 12.4 Å². The first kappa shape index (κ1) is 23.2. The van der Waals surface area contributed by atoms with Crippen LogP contribution in [0, 0.1) is 27.9 Å². The van der Waals surface area contributed by atoms with Crippen LogP contribution in [-0.2, 0) is 0 Å². The highest BCUT2D eigenvalue weighted by molar-refractivity contribution is 5.75. The lowest BCUT2D eigenvalue weighted by Crippen LogP contribution is -3.03. The fourth-order valence-corrected chi connectivity index (χ4v) is 7.21. The zero-order chi connectivity index (χ0) is 23.1. The number of hydrogen-bond donors (Lipinski definition) is 2. The van der Waals surface area contributed by atoms with E-state index in [0.717, 1.165) is 37.1 Å². The van der Waals surface area contributed by atoms with Crippen LogP contribution in [0.5, 0.6) is 0 Å². The van der Waals surface area contributed by atoms with Gasteiger partial charge in [-0.05, 0) is 68.1 Å². The van der Waals surface area contributed by atoms with Crippen molar-refractivity contribution in [1.29, 1.82) is 0 Å². The second-order valence-corrected chi connectivity index (χ2v) is 11.4. The summed E-state index contributed by atoms with van der Waals surface area (Å²) in [7, 11) is 2.08. The molecule has 2 heterocycles. The minimum absolute atomic E-state index is 0.371. The summed E-state index contributed by atoms with van der Waals surface area (Å²) in [6.07, 6.45) is 12.7. The highest BCUT2D eigenvalue weighted by Crippen LogP contribution is 2.61. The fourth-order valence-electron chi connectivity index (χ4n) is 7.21. The molecule has 6 nitrogen and oxygen atoms in total. The summed E-state index contributed by atoms with van der Waals surface area (Å²) in [6.45, 7) is 15.9. The molecule has 2 fully saturated rings. The van der Waals surface area contributed by atoms with Gasteiger partial charge in [-0.2, -0.15) is 4.98 Å². The van der Waals surface area contributed by atoms with Gasteiger partial charge in [-0.1, -0.05) is 51.0 Å². The summed E-state index contributed by atoms with van der Waals surface area (Å²) in [6, 6.07) is 0. The van der Waals surface area contributed by atoms with E-state index in [2.05, 4.69) is 62.3 Å².